The van der Waals surface area contributed by atoms with Gasteiger partial charge in [-0.05, 0) is 31.6 Å². The van der Waals surface area contributed by atoms with Crippen LogP contribution in [0.2, 0.25) is 0 Å². The van der Waals surface area contributed by atoms with Gasteiger partial charge in [-0.1, -0.05) is 13.0 Å². The molecule has 1 aliphatic rings. The molecule has 0 bridgehead atoms. The van der Waals surface area contributed by atoms with Crippen molar-refractivity contribution in [3.05, 3.63) is 39.7 Å². The van der Waals surface area contributed by atoms with Crippen molar-refractivity contribution in [2.75, 3.05) is 27.2 Å². The van der Waals surface area contributed by atoms with Crippen LogP contribution in [0.3, 0.4) is 0 Å². The van der Waals surface area contributed by atoms with Crippen molar-refractivity contribution in [2.45, 2.75) is 19.5 Å². The van der Waals surface area contributed by atoms with Crippen molar-refractivity contribution in [1.29, 1.82) is 0 Å². The number of nitro benzene ring substituents is 1. The normalized spacial score (nSPS) is 23.4. The molecule has 1 aromatic carbocycles. The Morgan fingerprint density at radius 1 is 1.45 bits per heavy atom. The van der Waals surface area contributed by atoms with Gasteiger partial charge in [-0.3, -0.25) is 15.0 Å². The van der Waals surface area contributed by atoms with Crippen LogP contribution in [0.1, 0.15) is 12.5 Å². The third-order valence-corrected chi connectivity index (χ3v) is 3.93. The zero-order valence-electron chi connectivity index (χ0n) is 12.0. The van der Waals surface area contributed by atoms with Crippen LogP contribution >= 0.6 is 0 Å². The second-order valence-electron chi connectivity index (χ2n) is 5.75. The molecule has 1 aliphatic heterocycles. The molecule has 0 spiro atoms. The molecule has 0 aliphatic carbocycles. The van der Waals surface area contributed by atoms with Gasteiger partial charge in [0.2, 0.25) is 5.82 Å². The van der Waals surface area contributed by atoms with Gasteiger partial charge in [0.05, 0.1) is 4.92 Å². The Kier molecular flexibility index (Phi) is 4.35. The van der Waals surface area contributed by atoms with E-state index >= 15 is 0 Å². The van der Waals surface area contributed by atoms with Crippen LogP contribution < -0.4 is 0 Å². The Morgan fingerprint density at radius 2 is 2.15 bits per heavy atom. The SMILES string of the molecule is CC1CN(Cc2ccc([N+](=O)[O-])c(F)c2)CC1N(C)C. The van der Waals surface area contributed by atoms with Crippen LogP contribution in [0.5, 0.6) is 0 Å². The largest absolute Gasteiger partial charge is 0.305 e. The van der Waals surface area contributed by atoms with Crippen LogP contribution in [0.15, 0.2) is 18.2 Å². The standard InChI is InChI=1S/C14H20FN3O2/c1-10-7-17(9-14(10)16(2)3)8-11-4-5-13(18(19)20)12(15)6-11/h4-6,10,14H,7-9H2,1-3H3. The molecule has 2 unspecified atom stereocenters. The van der Waals surface area contributed by atoms with Crippen LogP contribution in [0, 0.1) is 21.8 Å². The molecular weight excluding hydrogens is 261 g/mol. The summed E-state index contributed by atoms with van der Waals surface area (Å²) in [6.45, 7) is 4.74. The van der Waals surface area contributed by atoms with Crippen LogP contribution in [0.25, 0.3) is 0 Å². The predicted molar refractivity (Wildman–Crippen MR) is 75.0 cm³/mol. The molecule has 1 saturated heterocycles. The number of nitro groups is 1. The molecule has 1 aromatic rings. The Labute approximate surface area is 118 Å². The van der Waals surface area contributed by atoms with Crippen LogP contribution in [-0.2, 0) is 6.54 Å². The molecule has 1 fully saturated rings. The highest BCUT2D eigenvalue weighted by Gasteiger charge is 2.30. The second-order valence-corrected chi connectivity index (χ2v) is 5.75. The summed E-state index contributed by atoms with van der Waals surface area (Å²) >= 11 is 0. The quantitative estimate of drug-likeness (QED) is 0.626. The van der Waals surface area contributed by atoms with Gasteiger partial charge in [-0.15, -0.1) is 0 Å². The zero-order valence-corrected chi connectivity index (χ0v) is 12.0. The third kappa shape index (κ3) is 3.13. The van der Waals surface area contributed by atoms with Crippen molar-refractivity contribution in [3.8, 4) is 0 Å². The summed E-state index contributed by atoms with van der Waals surface area (Å²) in [6.07, 6.45) is 0. The molecule has 6 heteroatoms. The fraction of sp³-hybridized carbons (Fsp3) is 0.571. The fourth-order valence-electron chi connectivity index (χ4n) is 2.90. The van der Waals surface area contributed by atoms with Gasteiger partial charge >= 0.3 is 5.69 Å². The first-order valence-corrected chi connectivity index (χ1v) is 6.70. The molecular formula is C14H20FN3O2. The number of benzene rings is 1. The van der Waals surface area contributed by atoms with Gasteiger partial charge in [-0.2, -0.15) is 4.39 Å². The van der Waals surface area contributed by atoms with E-state index in [0.29, 0.717) is 18.5 Å². The molecule has 2 atom stereocenters. The number of likely N-dealkylation sites (N-methyl/N-ethyl adjacent to an activating group) is 1. The summed E-state index contributed by atoms with van der Waals surface area (Å²) in [5, 5.41) is 10.6. The topological polar surface area (TPSA) is 49.6 Å². The Morgan fingerprint density at radius 3 is 2.65 bits per heavy atom. The monoisotopic (exact) mass is 281 g/mol. The molecule has 5 nitrogen and oxygen atoms in total. The number of hydrogen-bond donors (Lipinski definition) is 0. The number of nitrogens with zero attached hydrogens (tertiary/aromatic N) is 3. The van der Waals surface area contributed by atoms with Crippen molar-refractivity contribution in [3.63, 3.8) is 0 Å². The van der Waals surface area contributed by atoms with Crippen molar-refractivity contribution < 1.29 is 9.31 Å². The molecule has 0 radical (unpaired) electrons. The minimum absolute atomic E-state index is 0.463. The van der Waals surface area contributed by atoms with E-state index < -0.39 is 16.4 Å². The zero-order chi connectivity index (χ0) is 14.9. The van der Waals surface area contributed by atoms with Gasteiger partial charge in [-0.25, -0.2) is 0 Å². The highest BCUT2D eigenvalue weighted by Crippen LogP contribution is 2.24. The molecule has 1 heterocycles. The van der Waals surface area contributed by atoms with E-state index in [1.165, 1.54) is 12.1 Å². The summed E-state index contributed by atoms with van der Waals surface area (Å²) in [6, 6.07) is 4.65. The molecule has 0 aromatic heterocycles. The first-order valence-electron chi connectivity index (χ1n) is 6.70. The molecule has 20 heavy (non-hydrogen) atoms. The maximum Gasteiger partial charge on any atom is 0.304 e. The molecule has 110 valence electrons. The average molecular weight is 281 g/mol. The van der Waals surface area contributed by atoms with Crippen molar-refractivity contribution in [1.82, 2.24) is 9.80 Å². The molecule has 0 N–H and O–H groups in total. The van der Waals surface area contributed by atoms with Crippen molar-refractivity contribution in [2.24, 2.45) is 5.92 Å². The lowest BCUT2D eigenvalue weighted by atomic mass is 10.1. The molecule has 0 saturated carbocycles. The van der Waals surface area contributed by atoms with E-state index in [2.05, 4.69) is 30.8 Å². The first-order chi connectivity index (χ1) is 9.38. The van der Waals surface area contributed by atoms with Gasteiger partial charge in [0.15, 0.2) is 0 Å². The minimum atomic E-state index is -0.760. The highest BCUT2D eigenvalue weighted by molar-refractivity contribution is 5.35. The summed E-state index contributed by atoms with van der Waals surface area (Å²) in [4.78, 5) is 14.4. The van der Waals surface area contributed by atoms with Gasteiger partial charge in [0.25, 0.3) is 0 Å². The van der Waals surface area contributed by atoms with Crippen LogP contribution in [-0.4, -0.2) is 47.9 Å². The molecule has 0 amide bonds. The van der Waals surface area contributed by atoms with E-state index in [1.807, 2.05) is 0 Å². The summed E-state index contributed by atoms with van der Waals surface area (Å²) in [5.74, 6) is -0.197. The molecule has 2 rings (SSSR count). The average Bonchev–Trinajstić information content (AvgIpc) is 2.70. The smallest absolute Gasteiger partial charge is 0.304 e. The predicted octanol–water partition coefficient (Wildman–Crippen LogP) is 2.12. The number of rotatable bonds is 4. The Hall–Kier alpha value is -1.53. The fourth-order valence-corrected chi connectivity index (χ4v) is 2.90. The van der Waals surface area contributed by atoms with Crippen molar-refractivity contribution >= 4 is 5.69 Å². The lowest BCUT2D eigenvalue weighted by molar-refractivity contribution is -0.387. The first kappa shape index (κ1) is 14.9. The summed E-state index contributed by atoms with van der Waals surface area (Å²) in [7, 11) is 4.13. The van der Waals surface area contributed by atoms with Gasteiger partial charge < -0.3 is 4.90 Å². The van der Waals surface area contributed by atoms with E-state index in [1.54, 1.807) is 6.07 Å². The van der Waals surface area contributed by atoms with E-state index in [0.717, 1.165) is 18.7 Å². The Balaban J connectivity index is 2.05. The minimum Gasteiger partial charge on any atom is -0.305 e. The number of likely N-dealkylation sites (tertiary alicyclic amines) is 1. The van der Waals surface area contributed by atoms with E-state index in [9.17, 15) is 14.5 Å². The number of hydrogen-bond acceptors (Lipinski definition) is 4. The van der Waals surface area contributed by atoms with Gasteiger partial charge in [0.1, 0.15) is 0 Å². The summed E-state index contributed by atoms with van der Waals surface area (Å²) in [5.41, 5.74) is 0.314. The maximum absolute atomic E-state index is 13.6. The van der Waals surface area contributed by atoms with Crippen LogP contribution in [0.4, 0.5) is 10.1 Å². The lowest BCUT2D eigenvalue weighted by Gasteiger charge is -2.22. The second kappa shape index (κ2) is 5.85. The van der Waals surface area contributed by atoms with E-state index in [-0.39, 0.29) is 0 Å². The number of halogens is 1. The highest BCUT2D eigenvalue weighted by atomic mass is 19.1. The van der Waals surface area contributed by atoms with E-state index in [4.69, 9.17) is 0 Å². The van der Waals surface area contributed by atoms with Gasteiger partial charge in [0, 0.05) is 31.7 Å². The Bertz CT molecular complexity index is 507. The lowest BCUT2D eigenvalue weighted by Crippen LogP contribution is -2.34. The summed E-state index contributed by atoms with van der Waals surface area (Å²) < 4.78 is 13.6. The maximum atomic E-state index is 13.6. The third-order valence-electron chi connectivity index (χ3n) is 3.93.